The van der Waals surface area contributed by atoms with E-state index in [0.717, 1.165) is 0 Å². The van der Waals surface area contributed by atoms with Crippen molar-refractivity contribution in [1.29, 1.82) is 0 Å². The maximum absolute atomic E-state index is 10.8. The van der Waals surface area contributed by atoms with Gasteiger partial charge in [-0.3, -0.25) is 4.79 Å². The van der Waals surface area contributed by atoms with Gasteiger partial charge in [-0.05, 0) is 13.3 Å². The van der Waals surface area contributed by atoms with E-state index < -0.39 is 17.5 Å². The predicted octanol–water partition coefficient (Wildman–Crippen LogP) is 0.437. The van der Waals surface area contributed by atoms with Gasteiger partial charge in [0.1, 0.15) is 5.78 Å². The first kappa shape index (κ1) is 11.1. The van der Waals surface area contributed by atoms with Crippen LogP contribution in [0.15, 0.2) is 0 Å². The first-order valence-corrected chi connectivity index (χ1v) is 3.82. The molecule has 0 spiro atoms. The molecule has 0 fully saturated rings. The number of carbonyl (C=O) groups is 2. The zero-order valence-electron chi connectivity index (χ0n) is 7.50. The van der Waals surface area contributed by atoms with Crippen molar-refractivity contribution in [2.24, 2.45) is 5.92 Å². The van der Waals surface area contributed by atoms with Crippen LogP contribution in [0, 0.1) is 5.92 Å². The average molecular weight is 174 g/mol. The van der Waals surface area contributed by atoms with Gasteiger partial charge in [-0.25, -0.2) is 4.79 Å². The summed E-state index contributed by atoms with van der Waals surface area (Å²) in [5.74, 6) is -2.52. The smallest absolute Gasteiger partial charge is 0.336 e. The van der Waals surface area contributed by atoms with E-state index in [9.17, 15) is 14.7 Å². The van der Waals surface area contributed by atoms with Gasteiger partial charge in [-0.2, -0.15) is 0 Å². The minimum absolute atomic E-state index is 0.0308. The Morgan fingerprint density at radius 3 is 2.00 bits per heavy atom. The molecule has 0 heterocycles. The second-order valence-corrected chi connectivity index (χ2v) is 2.92. The van der Waals surface area contributed by atoms with E-state index in [2.05, 4.69) is 0 Å². The van der Waals surface area contributed by atoms with E-state index in [0.29, 0.717) is 0 Å². The zero-order valence-corrected chi connectivity index (χ0v) is 7.50. The average Bonchev–Trinajstić information content (AvgIpc) is 2.01. The number of carbonyl (C=O) groups excluding carboxylic acids is 1. The highest BCUT2D eigenvalue weighted by atomic mass is 16.4. The highest BCUT2D eigenvalue weighted by Crippen LogP contribution is 2.22. The topological polar surface area (TPSA) is 74.6 Å². The van der Waals surface area contributed by atoms with Gasteiger partial charge < -0.3 is 10.2 Å². The molecule has 0 aromatic heterocycles. The van der Waals surface area contributed by atoms with Gasteiger partial charge in [-0.15, -0.1) is 0 Å². The van der Waals surface area contributed by atoms with Crippen LogP contribution in [0.5, 0.6) is 0 Å². The maximum atomic E-state index is 10.8. The SMILES string of the molecule is CCC(O)(C(=O)O)C(C)C(C)=O. The third-order valence-electron chi connectivity index (χ3n) is 2.24. The molecule has 0 aromatic carbocycles. The molecule has 0 aliphatic carbocycles. The summed E-state index contributed by atoms with van der Waals surface area (Å²) in [5, 5.41) is 18.2. The molecule has 0 amide bonds. The second kappa shape index (κ2) is 3.67. The van der Waals surface area contributed by atoms with Gasteiger partial charge in [0.05, 0.1) is 5.92 Å². The molecule has 0 saturated carbocycles. The molecule has 2 unspecified atom stereocenters. The van der Waals surface area contributed by atoms with Crippen molar-refractivity contribution in [2.45, 2.75) is 32.8 Å². The van der Waals surface area contributed by atoms with Crippen LogP contribution in [0.25, 0.3) is 0 Å². The number of carboxylic acid groups (broad SMARTS) is 1. The van der Waals surface area contributed by atoms with E-state index in [1.807, 2.05) is 0 Å². The number of ketones is 1. The fourth-order valence-corrected chi connectivity index (χ4v) is 0.979. The largest absolute Gasteiger partial charge is 0.479 e. The molecular formula is C8H14O4. The van der Waals surface area contributed by atoms with Gasteiger partial charge in [0.25, 0.3) is 0 Å². The minimum atomic E-state index is -1.91. The molecule has 4 heteroatoms. The zero-order chi connectivity index (χ0) is 9.94. The van der Waals surface area contributed by atoms with Crippen LogP contribution in [0.2, 0.25) is 0 Å². The number of carboxylic acids is 1. The van der Waals surface area contributed by atoms with Crippen molar-refractivity contribution in [3.63, 3.8) is 0 Å². The van der Waals surface area contributed by atoms with Crippen LogP contribution in [0.3, 0.4) is 0 Å². The molecule has 0 aliphatic rings. The van der Waals surface area contributed by atoms with E-state index in [4.69, 9.17) is 5.11 Å². The van der Waals surface area contributed by atoms with Crippen LogP contribution < -0.4 is 0 Å². The Hall–Kier alpha value is -0.900. The van der Waals surface area contributed by atoms with Crippen LogP contribution in [-0.2, 0) is 9.59 Å². The van der Waals surface area contributed by atoms with E-state index in [1.54, 1.807) is 0 Å². The molecule has 0 aromatic rings. The van der Waals surface area contributed by atoms with Crippen molar-refractivity contribution >= 4 is 11.8 Å². The van der Waals surface area contributed by atoms with Crippen molar-refractivity contribution in [1.82, 2.24) is 0 Å². The lowest BCUT2D eigenvalue weighted by Crippen LogP contribution is -2.46. The summed E-state index contributed by atoms with van der Waals surface area (Å²) >= 11 is 0. The third-order valence-corrected chi connectivity index (χ3v) is 2.24. The van der Waals surface area contributed by atoms with Gasteiger partial charge in [0, 0.05) is 0 Å². The Labute approximate surface area is 71.2 Å². The van der Waals surface area contributed by atoms with Gasteiger partial charge in [0.2, 0.25) is 0 Å². The van der Waals surface area contributed by atoms with Crippen molar-refractivity contribution < 1.29 is 19.8 Å². The highest BCUT2D eigenvalue weighted by Gasteiger charge is 2.42. The first-order valence-electron chi connectivity index (χ1n) is 3.82. The summed E-state index contributed by atoms with van der Waals surface area (Å²) < 4.78 is 0. The molecule has 0 radical (unpaired) electrons. The summed E-state index contributed by atoms with van der Waals surface area (Å²) in [5.41, 5.74) is -1.91. The number of rotatable bonds is 4. The highest BCUT2D eigenvalue weighted by molar-refractivity contribution is 5.88. The molecule has 12 heavy (non-hydrogen) atoms. The van der Waals surface area contributed by atoms with E-state index >= 15 is 0 Å². The summed E-state index contributed by atoms with van der Waals surface area (Å²) in [6.45, 7) is 4.22. The molecule has 0 bridgehead atoms. The molecular weight excluding hydrogens is 160 g/mol. The quantitative estimate of drug-likeness (QED) is 0.648. The summed E-state index contributed by atoms with van der Waals surface area (Å²) in [7, 11) is 0. The fraction of sp³-hybridized carbons (Fsp3) is 0.750. The lowest BCUT2D eigenvalue weighted by atomic mass is 9.84. The van der Waals surface area contributed by atoms with E-state index in [1.165, 1.54) is 20.8 Å². The summed E-state index contributed by atoms with van der Waals surface area (Å²) in [4.78, 5) is 21.4. The molecule has 2 atom stereocenters. The Morgan fingerprint density at radius 2 is 1.92 bits per heavy atom. The van der Waals surface area contributed by atoms with Gasteiger partial charge in [-0.1, -0.05) is 13.8 Å². The summed E-state index contributed by atoms with van der Waals surface area (Å²) in [6.07, 6.45) is 0.0308. The first-order chi connectivity index (χ1) is 5.36. The summed E-state index contributed by atoms with van der Waals surface area (Å²) in [6, 6.07) is 0. The fourth-order valence-electron chi connectivity index (χ4n) is 0.979. The van der Waals surface area contributed by atoms with Crippen LogP contribution in [0.4, 0.5) is 0 Å². The molecule has 4 nitrogen and oxygen atoms in total. The molecule has 0 rings (SSSR count). The Kier molecular flexibility index (Phi) is 3.39. The Balaban J connectivity index is 4.75. The van der Waals surface area contributed by atoms with Crippen LogP contribution in [0.1, 0.15) is 27.2 Å². The van der Waals surface area contributed by atoms with Crippen LogP contribution >= 0.6 is 0 Å². The molecule has 0 aliphatic heterocycles. The van der Waals surface area contributed by atoms with Gasteiger partial charge >= 0.3 is 5.97 Å². The maximum Gasteiger partial charge on any atom is 0.336 e. The minimum Gasteiger partial charge on any atom is -0.479 e. The molecule has 2 N–H and O–H groups in total. The van der Waals surface area contributed by atoms with Crippen molar-refractivity contribution in [3.8, 4) is 0 Å². The van der Waals surface area contributed by atoms with Crippen molar-refractivity contribution in [3.05, 3.63) is 0 Å². The number of hydrogen-bond donors (Lipinski definition) is 2. The number of aliphatic carboxylic acids is 1. The Morgan fingerprint density at radius 1 is 1.50 bits per heavy atom. The second-order valence-electron chi connectivity index (χ2n) is 2.92. The number of hydrogen-bond acceptors (Lipinski definition) is 3. The molecule has 0 saturated heterocycles. The third kappa shape index (κ3) is 1.82. The lowest BCUT2D eigenvalue weighted by Gasteiger charge is -2.26. The Bertz CT molecular complexity index is 199. The van der Waals surface area contributed by atoms with Gasteiger partial charge in [0.15, 0.2) is 5.60 Å². The lowest BCUT2D eigenvalue weighted by molar-refractivity contribution is -0.167. The normalized spacial score (nSPS) is 18.0. The van der Waals surface area contributed by atoms with Crippen molar-refractivity contribution in [2.75, 3.05) is 0 Å². The molecule has 70 valence electrons. The number of Topliss-reactive ketones (excluding diaryl/α,β-unsaturated/α-hetero) is 1. The standard InChI is InChI=1S/C8H14O4/c1-4-8(12,7(10)11)5(2)6(3)9/h5,12H,4H2,1-3H3,(H,10,11). The predicted molar refractivity (Wildman–Crippen MR) is 42.7 cm³/mol. The monoisotopic (exact) mass is 174 g/mol. The number of aliphatic hydroxyl groups is 1. The van der Waals surface area contributed by atoms with Crippen LogP contribution in [-0.4, -0.2) is 27.6 Å². The van der Waals surface area contributed by atoms with E-state index in [-0.39, 0.29) is 12.2 Å².